The van der Waals surface area contributed by atoms with Gasteiger partial charge in [-0.3, -0.25) is 0 Å². The lowest BCUT2D eigenvalue weighted by Crippen LogP contribution is -2.25. The van der Waals surface area contributed by atoms with Crippen LogP contribution in [-0.4, -0.2) is 21.1 Å². The second-order valence-corrected chi connectivity index (χ2v) is 5.19. The maximum absolute atomic E-state index is 13.1. The average Bonchev–Trinajstić information content (AvgIpc) is 2.43. The van der Waals surface area contributed by atoms with Crippen LogP contribution in [0.3, 0.4) is 0 Å². The minimum absolute atomic E-state index is 0.279. The smallest absolute Gasteiger partial charge is 0.222 e. The lowest BCUT2D eigenvalue weighted by Gasteiger charge is -2.20. The van der Waals surface area contributed by atoms with Crippen LogP contribution >= 0.6 is 15.9 Å². The number of hydrogen-bond donors (Lipinski definition) is 2. The van der Waals surface area contributed by atoms with E-state index in [1.54, 1.807) is 19.3 Å². The van der Waals surface area contributed by atoms with Crippen LogP contribution in [0.4, 0.5) is 14.7 Å². The molecule has 7 heteroatoms. The summed E-state index contributed by atoms with van der Waals surface area (Å²) in [5.41, 5.74) is 0.279. The highest BCUT2D eigenvalue weighted by atomic mass is 79.9. The lowest BCUT2D eigenvalue weighted by molar-refractivity contribution is 0.160. The number of rotatable bonds is 4. The predicted molar refractivity (Wildman–Crippen MR) is 74.1 cm³/mol. The van der Waals surface area contributed by atoms with Crippen LogP contribution in [0.2, 0.25) is 0 Å². The molecule has 0 aliphatic rings. The normalized spacial score (nSPS) is 13.8. The van der Waals surface area contributed by atoms with E-state index in [0.717, 1.165) is 16.6 Å². The Morgan fingerprint density at radius 2 is 1.85 bits per heavy atom. The van der Waals surface area contributed by atoms with E-state index in [9.17, 15) is 13.9 Å². The molecule has 0 saturated heterocycles. The summed E-state index contributed by atoms with van der Waals surface area (Å²) in [5.74, 6) is -1.60. The topological polar surface area (TPSA) is 58.0 Å². The highest BCUT2D eigenvalue weighted by molar-refractivity contribution is 9.10. The summed E-state index contributed by atoms with van der Waals surface area (Å²) in [5, 5.41) is 13.0. The van der Waals surface area contributed by atoms with Gasteiger partial charge in [0, 0.05) is 12.4 Å². The Labute approximate surface area is 123 Å². The number of aliphatic hydroxyl groups is 1. The van der Waals surface area contributed by atoms with Gasteiger partial charge < -0.3 is 10.4 Å². The summed E-state index contributed by atoms with van der Waals surface area (Å²) < 4.78 is 26.7. The van der Waals surface area contributed by atoms with E-state index in [4.69, 9.17) is 0 Å². The molecule has 1 aromatic heterocycles. The van der Waals surface area contributed by atoms with Crippen molar-refractivity contribution in [1.29, 1.82) is 0 Å². The van der Waals surface area contributed by atoms with Crippen LogP contribution in [0.1, 0.15) is 18.6 Å². The van der Waals surface area contributed by atoms with Gasteiger partial charge in [-0.05, 0) is 40.5 Å². The molecule has 1 aromatic carbocycles. The Bertz CT molecular complexity index is 595. The molecule has 0 spiro atoms. The summed E-state index contributed by atoms with van der Waals surface area (Å²) in [6.45, 7) is 1.69. The summed E-state index contributed by atoms with van der Waals surface area (Å²) in [7, 11) is 0. The van der Waals surface area contributed by atoms with Gasteiger partial charge in [-0.2, -0.15) is 0 Å². The summed E-state index contributed by atoms with van der Waals surface area (Å²) in [6, 6.07) is 2.82. The van der Waals surface area contributed by atoms with Crippen LogP contribution in [0.25, 0.3) is 0 Å². The van der Waals surface area contributed by atoms with Crippen LogP contribution in [0.5, 0.6) is 0 Å². The molecule has 1 heterocycles. The Morgan fingerprint density at radius 3 is 2.45 bits per heavy atom. The van der Waals surface area contributed by atoms with Crippen molar-refractivity contribution in [2.45, 2.75) is 19.1 Å². The third-order valence-corrected chi connectivity index (χ3v) is 3.15. The first-order valence-electron chi connectivity index (χ1n) is 5.84. The minimum atomic E-state index is -1.02. The van der Waals surface area contributed by atoms with E-state index in [2.05, 4.69) is 31.2 Å². The molecule has 0 radical (unpaired) electrons. The van der Waals surface area contributed by atoms with Crippen molar-refractivity contribution in [2.24, 2.45) is 0 Å². The first kappa shape index (κ1) is 14.8. The minimum Gasteiger partial charge on any atom is -0.386 e. The van der Waals surface area contributed by atoms with Gasteiger partial charge in [-0.15, -0.1) is 0 Å². The van der Waals surface area contributed by atoms with Gasteiger partial charge in [-0.1, -0.05) is 6.07 Å². The van der Waals surface area contributed by atoms with Crippen LogP contribution in [-0.2, 0) is 0 Å². The highest BCUT2D eigenvalue weighted by Gasteiger charge is 2.18. The number of halogens is 3. The number of aliphatic hydroxyl groups excluding tert-OH is 1. The molecule has 0 aliphatic carbocycles. The van der Waals surface area contributed by atoms with Crippen LogP contribution in [0.15, 0.2) is 35.1 Å². The van der Waals surface area contributed by atoms with E-state index < -0.39 is 23.8 Å². The van der Waals surface area contributed by atoms with Gasteiger partial charge >= 0.3 is 0 Å². The first-order chi connectivity index (χ1) is 9.47. The molecule has 2 rings (SSSR count). The number of aromatic nitrogens is 2. The summed E-state index contributed by atoms with van der Waals surface area (Å²) in [6.07, 6.45) is 2.11. The number of nitrogens with one attached hydrogen (secondary N) is 1. The molecule has 0 unspecified atom stereocenters. The van der Waals surface area contributed by atoms with Gasteiger partial charge in [0.15, 0.2) is 11.6 Å². The fourth-order valence-electron chi connectivity index (χ4n) is 1.65. The molecular weight excluding hydrogens is 332 g/mol. The molecule has 0 aliphatic heterocycles. The highest BCUT2D eigenvalue weighted by Crippen LogP contribution is 2.21. The monoisotopic (exact) mass is 343 g/mol. The summed E-state index contributed by atoms with van der Waals surface area (Å²) in [4.78, 5) is 8.02. The number of nitrogens with zero attached hydrogens (tertiary/aromatic N) is 2. The summed E-state index contributed by atoms with van der Waals surface area (Å²) >= 11 is 3.21. The second kappa shape index (κ2) is 6.23. The van der Waals surface area contributed by atoms with Crippen molar-refractivity contribution in [3.63, 3.8) is 0 Å². The Hall–Kier alpha value is -1.60. The first-order valence-corrected chi connectivity index (χ1v) is 6.64. The van der Waals surface area contributed by atoms with E-state index in [-0.39, 0.29) is 5.56 Å². The molecule has 0 fully saturated rings. The van der Waals surface area contributed by atoms with E-state index in [1.165, 1.54) is 6.07 Å². The predicted octanol–water partition coefficient (Wildman–Crippen LogP) is 3.05. The Balaban J connectivity index is 2.09. The van der Waals surface area contributed by atoms with Crippen molar-refractivity contribution in [3.05, 3.63) is 52.3 Å². The van der Waals surface area contributed by atoms with Crippen molar-refractivity contribution >= 4 is 21.9 Å². The molecule has 4 nitrogen and oxygen atoms in total. The zero-order chi connectivity index (χ0) is 14.7. The zero-order valence-electron chi connectivity index (χ0n) is 10.5. The van der Waals surface area contributed by atoms with Crippen molar-refractivity contribution in [2.75, 3.05) is 5.32 Å². The van der Waals surface area contributed by atoms with Gasteiger partial charge in [-0.25, -0.2) is 18.7 Å². The number of hydrogen-bond acceptors (Lipinski definition) is 4. The van der Waals surface area contributed by atoms with E-state index in [1.807, 2.05) is 0 Å². The third kappa shape index (κ3) is 3.49. The SMILES string of the molecule is C[C@@H](Nc1ncc(Br)cn1)[C@@H](O)c1ccc(F)c(F)c1. The maximum atomic E-state index is 13.1. The van der Waals surface area contributed by atoms with Gasteiger partial charge in [0.25, 0.3) is 0 Å². The van der Waals surface area contributed by atoms with Gasteiger partial charge in [0.1, 0.15) is 0 Å². The maximum Gasteiger partial charge on any atom is 0.222 e. The molecular formula is C13H12BrF2N3O. The van der Waals surface area contributed by atoms with Gasteiger partial charge in [0.2, 0.25) is 5.95 Å². The molecule has 0 saturated carbocycles. The average molecular weight is 344 g/mol. The fraction of sp³-hybridized carbons (Fsp3) is 0.231. The van der Waals surface area contributed by atoms with Crippen molar-refractivity contribution in [1.82, 2.24) is 9.97 Å². The zero-order valence-corrected chi connectivity index (χ0v) is 12.1. The van der Waals surface area contributed by atoms with Gasteiger partial charge in [0.05, 0.1) is 16.6 Å². The molecule has 0 bridgehead atoms. The Kier molecular flexibility index (Phi) is 4.61. The second-order valence-electron chi connectivity index (χ2n) is 4.28. The van der Waals surface area contributed by atoms with E-state index in [0.29, 0.717) is 5.95 Å². The fourth-order valence-corrected chi connectivity index (χ4v) is 1.86. The molecule has 20 heavy (non-hydrogen) atoms. The molecule has 2 aromatic rings. The largest absolute Gasteiger partial charge is 0.386 e. The van der Waals surface area contributed by atoms with Crippen molar-refractivity contribution < 1.29 is 13.9 Å². The van der Waals surface area contributed by atoms with Crippen molar-refractivity contribution in [3.8, 4) is 0 Å². The Morgan fingerprint density at radius 1 is 1.20 bits per heavy atom. The van der Waals surface area contributed by atoms with E-state index >= 15 is 0 Å². The number of anilines is 1. The lowest BCUT2D eigenvalue weighted by atomic mass is 10.0. The third-order valence-electron chi connectivity index (χ3n) is 2.74. The molecule has 0 amide bonds. The van der Waals surface area contributed by atoms with Crippen LogP contribution < -0.4 is 5.32 Å². The molecule has 2 atom stereocenters. The number of benzene rings is 1. The quantitative estimate of drug-likeness (QED) is 0.895. The molecule has 2 N–H and O–H groups in total. The van der Waals surface area contributed by atoms with Crippen LogP contribution in [0, 0.1) is 11.6 Å². The molecule has 106 valence electrons. The standard InChI is InChI=1S/C13H12BrF2N3O/c1-7(19-13-17-5-9(14)6-18-13)12(20)8-2-3-10(15)11(16)4-8/h2-7,12,20H,1H3,(H,17,18,19)/t7-,12-/m1/s1.